The maximum Gasteiger partial charge on any atom is 0.296 e. The number of aryl methyl sites for hydroxylation is 1. The van der Waals surface area contributed by atoms with E-state index >= 15 is 0 Å². The molecule has 166 valence electrons. The van der Waals surface area contributed by atoms with Gasteiger partial charge in [0.2, 0.25) is 5.75 Å². The molecule has 32 heavy (non-hydrogen) atoms. The van der Waals surface area contributed by atoms with E-state index in [4.69, 9.17) is 4.74 Å². The van der Waals surface area contributed by atoms with Gasteiger partial charge >= 0.3 is 0 Å². The van der Waals surface area contributed by atoms with E-state index in [1.165, 1.54) is 33.8 Å². The molecular weight excluding hydrogens is 419 g/mol. The van der Waals surface area contributed by atoms with Crippen molar-refractivity contribution in [1.82, 2.24) is 29.6 Å². The van der Waals surface area contributed by atoms with Crippen molar-refractivity contribution in [3.63, 3.8) is 0 Å². The lowest BCUT2D eigenvalue weighted by Gasteiger charge is -2.36. The number of aromatic nitrogens is 5. The number of halogens is 1. The van der Waals surface area contributed by atoms with E-state index in [2.05, 4.69) is 20.4 Å². The van der Waals surface area contributed by atoms with Gasteiger partial charge in [0.1, 0.15) is 29.9 Å². The van der Waals surface area contributed by atoms with Crippen LogP contribution in [0.1, 0.15) is 53.1 Å². The summed E-state index contributed by atoms with van der Waals surface area (Å²) in [6, 6.07) is 4.09. The van der Waals surface area contributed by atoms with E-state index in [0.29, 0.717) is 35.9 Å². The normalized spacial score (nSPS) is 19.4. The molecule has 0 aliphatic carbocycles. The van der Waals surface area contributed by atoms with Gasteiger partial charge in [-0.1, -0.05) is 6.07 Å². The summed E-state index contributed by atoms with van der Waals surface area (Å²) in [5.74, 6) is -0.965. The van der Waals surface area contributed by atoms with Gasteiger partial charge in [0, 0.05) is 6.54 Å². The predicted octanol–water partition coefficient (Wildman–Crippen LogP) is 1.53. The van der Waals surface area contributed by atoms with Gasteiger partial charge < -0.3 is 15.2 Å². The third-order valence-electron chi connectivity index (χ3n) is 5.85. The average Bonchev–Trinajstić information content (AvgIpc) is 3.21. The fourth-order valence-electron chi connectivity index (χ4n) is 4.25. The fourth-order valence-corrected chi connectivity index (χ4v) is 4.25. The Labute approximate surface area is 181 Å². The molecule has 2 unspecified atom stereocenters. The first-order valence-corrected chi connectivity index (χ1v) is 10.3. The first kappa shape index (κ1) is 20.3. The van der Waals surface area contributed by atoms with Gasteiger partial charge in [0.15, 0.2) is 5.69 Å². The van der Waals surface area contributed by atoms with Crippen molar-refractivity contribution in [1.29, 1.82) is 0 Å². The number of rotatable bonds is 4. The number of amides is 1. The van der Waals surface area contributed by atoms with Crippen LogP contribution < -0.4 is 10.9 Å². The molecule has 1 aromatic carbocycles. The number of fused-ring (bicyclic) bond motifs is 4. The topological polar surface area (TPSA) is 124 Å². The van der Waals surface area contributed by atoms with E-state index in [9.17, 15) is 19.1 Å². The van der Waals surface area contributed by atoms with Crippen molar-refractivity contribution in [3.8, 4) is 11.4 Å². The molecule has 5 rings (SSSR count). The second-order valence-electron chi connectivity index (χ2n) is 7.94. The van der Waals surface area contributed by atoms with Gasteiger partial charge in [0.25, 0.3) is 11.5 Å². The second kappa shape index (κ2) is 7.83. The van der Waals surface area contributed by atoms with E-state index in [1.54, 1.807) is 6.92 Å². The molecule has 1 saturated heterocycles. The standard InChI is InChI=1S/C21H21FN6O4/c1-11-24-10-25-28(11)15-7-13(22)6-5-12(15)8-23-20(30)17-18(29)21(31)27-9-14-3-2-4-16(32-14)19(27)26-17/h5-7,10,14,16,29H,2-4,8-9H2,1H3,(H,23,30). The molecule has 2 aliphatic heterocycles. The summed E-state index contributed by atoms with van der Waals surface area (Å²) in [5, 5.41) is 17.1. The van der Waals surface area contributed by atoms with Gasteiger partial charge in [-0.3, -0.25) is 14.2 Å². The molecular formula is C21H21FN6O4. The van der Waals surface area contributed by atoms with Crippen LogP contribution in [0.2, 0.25) is 0 Å². The van der Waals surface area contributed by atoms with Crippen molar-refractivity contribution in [2.75, 3.05) is 0 Å². The van der Waals surface area contributed by atoms with Gasteiger partial charge in [-0.15, -0.1) is 0 Å². The summed E-state index contributed by atoms with van der Waals surface area (Å²) in [6.07, 6.45) is 3.38. The van der Waals surface area contributed by atoms with Crippen LogP contribution in [0.5, 0.6) is 5.75 Å². The Bertz CT molecular complexity index is 1270. The molecule has 11 heteroatoms. The zero-order valence-corrected chi connectivity index (χ0v) is 17.3. The van der Waals surface area contributed by atoms with Gasteiger partial charge in [-0.05, 0) is 43.9 Å². The molecule has 0 saturated carbocycles. The summed E-state index contributed by atoms with van der Waals surface area (Å²) in [6.45, 7) is 2.03. The summed E-state index contributed by atoms with van der Waals surface area (Å²) in [4.78, 5) is 33.9. The van der Waals surface area contributed by atoms with Crippen molar-refractivity contribution >= 4 is 5.91 Å². The van der Waals surface area contributed by atoms with E-state index in [1.807, 2.05) is 0 Å². The number of carbonyl (C=O) groups excluding carboxylic acids is 1. The number of hydrogen-bond donors (Lipinski definition) is 2. The summed E-state index contributed by atoms with van der Waals surface area (Å²) < 4.78 is 22.6. The highest BCUT2D eigenvalue weighted by Crippen LogP contribution is 2.35. The van der Waals surface area contributed by atoms with Crippen LogP contribution in [-0.4, -0.2) is 41.4 Å². The molecule has 0 spiro atoms. The number of aromatic hydroxyl groups is 1. The Morgan fingerprint density at radius 1 is 1.38 bits per heavy atom. The van der Waals surface area contributed by atoms with Crippen LogP contribution in [-0.2, 0) is 17.8 Å². The highest BCUT2D eigenvalue weighted by atomic mass is 19.1. The molecule has 2 bridgehead atoms. The van der Waals surface area contributed by atoms with E-state index in [0.717, 1.165) is 12.8 Å². The van der Waals surface area contributed by atoms with Crippen LogP contribution in [0, 0.1) is 12.7 Å². The molecule has 10 nitrogen and oxygen atoms in total. The summed E-state index contributed by atoms with van der Waals surface area (Å²) >= 11 is 0. The molecule has 2 atom stereocenters. The highest BCUT2D eigenvalue weighted by Gasteiger charge is 2.35. The van der Waals surface area contributed by atoms with Gasteiger partial charge in [-0.25, -0.2) is 19.0 Å². The quantitative estimate of drug-likeness (QED) is 0.630. The number of nitrogens with zero attached hydrogens (tertiary/aromatic N) is 5. The average molecular weight is 440 g/mol. The van der Waals surface area contributed by atoms with Crippen molar-refractivity contribution in [2.24, 2.45) is 0 Å². The molecule has 2 aromatic heterocycles. The maximum absolute atomic E-state index is 13.9. The van der Waals surface area contributed by atoms with Crippen LogP contribution in [0.15, 0.2) is 29.3 Å². The van der Waals surface area contributed by atoms with Gasteiger partial charge in [-0.2, -0.15) is 5.10 Å². The van der Waals surface area contributed by atoms with Crippen molar-refractivity contribution in [2.45, 2.75) is 51.5 Å². The molecule has 0 radical (unpaired) electrons. The Kier molecular flexibility index (Phi) is 4.97. The SMILES string of the molecule is Cc1ncnn1-c1cc(F)ccc1CNC(=O)c1nc2n(c(=O)c1O)CC1CCCC2O1. The molecule has 3 aromatic rings. The Balaban J connectivity index is 1.43. The predicted molar refractivity (Wildman–Crippen MR) is 109 cm³/mol. The Hall–Kier alpha value is -3.60. The molecule has 2 aliphatic rings. The third-order valence-corrected chi connectivity index (χ3v) is 5.85. The van der Waals surface area contributed by atoms with Gasteiger partial charge in [0.05, 0.1) is 18.3 Å². The number of carbonyl (C=O) groups is 1. The number of ether oxygens (including phenoxy) is 1. The van der Waals surface area contributed by atoms with Crippen molar-refractivity contribution < 1.29 is 19.0 Å². The third kappa shape index (κ3) is 3.44. The second-order valence-corrected chi connectivity index (χ2v) is 7.94. The van der Waals surface area contributed by atoms with E-state index < -0.39 is 23.0 Å². The number of benzene rings is 1. The Morgan fingerprint density at radius 3 is 3.00 bits per heavy atom. The van der Waals surface area contributed by atoms with Crippen LogP contribution in [0.3, 0.4) is 0 Å². The maximum atomic E-state index is 13.9. The zero-order valence-electron chi connectivity index (χ0n) is 17.3. The largest absolute Gasteiger partial charge is 0.501 e. The minimum absolute atomic E-state index is 0.00468. The van der Waals surface area contributed by atoms with Crippen LogP contribution >= 0.6 is 0 Å². The van der Waals surface area contributed by atoms with E-state index in [-0.39, 0.29) is 24.4 Å². The monoisotopic (exact) mass is 440 g/mol. The zero-order chi connectivity index (χ0) is 22.4. The van der Waals surface area contributed by atoms with Crippen molar-refractivity contribution in [3.05, 3.63) is 63.6 Å². The number of nitrogens with one attached hydrogen (secondary N) is 1. The van der Waals surface area contributed by atoms with Crippen LogP contribution in [0.4, 0.5) is 4.39 Å². The first-order chi connectivity index (χ1) is 15.4. The number of hydrogen-bond acceptors (Lipinski definition) is 7. The smallest absolute Gasteiger partial charge is 0.296 e. The minimum atomic E-state index is -0.716. The lowest BCUT2D eigenvalue weighted by Crippen LogP contribution is -2.42. The molecule has 1 amide bonds. The first-order valence-electron chi connectivity index (χ1n) is 10.3. The molecule has 4 heterocycles. The fraction of sp³-hybridized carbons (Fsp3) is 0.381. The lowest BCUT2D eigenvalue weighted by atomic mass is 10.00. The van der Waals surface area contributed by atoms with Crippen LogP contribution in [0.25, 0.3) is 5.69 Å². The Morgan fingerprint density at radius 2 is 2.22 bits per heavy atom. The molecule has 2 N–H and O–H groups in total. The minimum Gasteiger partial charge on any atom is -0.501 e. The summed E-state index contributed by atoms with van der Waals surface area (Å²) in [7, 11) is 0. The molecule has 1 fully saturated rings. The lowest BCUT2D eigenvalue weighted by molar-refractivity contribution is -0.0860. The highest BCUT2D eigenvalue weighted by molar-refractivity contribution is 5.94. The summed E-state index contributed by atoms with van der Waals surface area (Å²) in [5.41, 5.74) is -0.0128.